The lowest BCUT2D eigenvalue weighted by Gasteiger charge is -2.17. The molecule has 0 aromatic heterocycles. The lowest BCUT2D eigenvalue weighted by molar-refractivity contribution is 0.00709. The molecule has 0 spiro atoms. The minimum atomic E-state index is -0.617. The van der Waals surface area contributed by atoms with Crippen molar-refractivity contribution in [2.24, 2.45) is 0 Å². The topological polar surface area (TPSA) is 77.8 Å². The molecule has 4 nitrogen and oxygen atoms in total. The van der Waals surface area contributed by atoms with Crippen molar-refractivity contribution < 1.29 is 20.1 Å². The van der Waals surface area contributed by atoms with Gasteiger partial charge in [-0.2, -0.15) is 0 Å². The number of hydrogen-bond acceptors (Lipinski definition) is 4. The number of carbonyl (C=O) groups excluding carboxylic acids is 1. The summed E-state index contributed by atoms with van der Waals surface area (Å²) in [7, 11) is 0. The zero-order valence-electron chi connectivity index (χ0n) is 12.6. The van der Waals surface area contributed by atoms with E-state index in [9.17, 15) is 15.0 Å². The molecule has 2 atom stereocenters. The summed E-state index contributed by atoms with van der Waals surface area (Å²) in [5.41, 5.74) is 0. The number of hydrogen-bond donors (Lipinski definition) is 3. The van der Waals surface area contributed by atoms with E-state index < -0.39 is 12.2 Å². The molecule has 3 N–H and O–H groups in total. The molecular weight excluding hydrogens is 256 g/mol. The highest BCUT2D eigenvalue weighted by Gasteiger charge is 2.14. The van der Waals surface area contributed by atoms with Crippen molar-refractivity contribution in [3.63, 3.8) is 0 Å². The Morgan fingerprint density at radius 3 is 1.65 bits per heavy atom. The molecule has 0 aromatic carbocycles. The van der Waals surface area contributed by atoms with E-state index in [1.54, 1.807) is 0 Å². The van der Waals surface area contributed by atoms with Gasteiger partial charge in [0.25, 0.3) is 0 Å². The Labute approximate surface area is 123 Å². The monoisotopic (exact) mass is 287 g/mol. The van der Waals surface area contributed by atoms with Gasteiger partial charge in [-0.15, -0.1) is 0 Å². The maximum absolute atomic E-state index is 10.0. The molecule has 0 rings (SSSR count). The third-order valence-electron chi connectivity index (χ3n) is 3.63. The van der Waals surface area contributed by atoms with Crippen molar-refractivity contribution in [1.29, 1.82) is 0 Å². The van der Waals surface area contributed by atoms with Crippen LogP contribution in [0.5, 0.6) is 0 Å². The Morgan fingerprint density at radius 1 is 0.700 bits per heavy atom. The van der Waals surface area contributed by atoms with Crippen LogP contribution in [0.25, 0.3) is 0 Å². The highest BCUT2D eigenvalue weighted by molar-refractivity contribution is 5.50. The maximum Gasteiger partial charge on any atom is 0.198 e. The summed E-state index contributed by atoms with van der Waals surface area (Å²) < 4.78 is 0. The molecule has 0 amide bonds. The summed E-state index contributed by atoms with van der Waals surface area (Å²) in [5.74, 6) is 0. The lowest BCUT2D eigenvalue weighted by atomic mass is 10.00. The van der Waals surface area contributed by atoms with Crippen LogP contribution in [0.3, 0.4) is 0 Å². The van der Waals surface area contributed by atoms with Crippen LogP contribution < -0.4 is 0 Å². The van der Waals surface area contributed by atoms with E-state index in [0.717, 1.165) is 57.8 Å². The first-order chi connectivity index (χ1) is 9.72. The van der Waals surface area contributed by atoms with E-state index in [1.807, 2.05) is 6.29 Å². The molecule has 0 saturated heterocycles. The van der Waals surface area contributed by atoms with Gasteiger partial charge >= 0.3 is 0 Å². The molecule has 20 heavy (non-hydrogen) atoms. The van der Waals surface area contributed by atoms with Crippen molar-refractivity contribution >= 4 is 6.29 Å². The average Bonchev–Trinajstić information content (AvgIpc) is 2.45. The van der Waals surface area contributed by atoms with Gasteiger partial charge in [0, 0.05) is 13.0 Å². The Morgan fingerprint density at radius 2 is 1.15 bits per heavy atom. The SMILES string of the molecule is O=[C]CCCCCCCC(O)C(O)CCCCCCO. The zero-order chi connectivity index (χ0) is 15.1. The molecular formula is C16H31O4. The van der Waals surface area contributed by atoms with E-state index in [0.29, 0.717) is 19.3 Å². The molecule has 0 aliphatic rings. The van der Waals surface area contributed by atoms with E-state index in [1.165, 1.54) is 0 Å². The molecule has 0 saturated carbocycles. The van der Waals surface area contributed by atoms with E-state index in [2.05, 4.69) is 0 Å². The van der Waals surface area contributed by atoms with Crippen molar-refractivity contribution in [1.82, 2.24) is 0 Å². The second-order valence-electron chi connectivity index (χ2n) is 5.51. The van der Waals surface area contributed by atoms with Gasteiger partial charge in [-0.3, -0.25) is 4.79 Å². The minimum Gasteiger partial charge on any atom is -0.396 e. The zero-order valence-corrected chi connectivity index (χ0v) is 12.6. The Balaban J connectivity index is 3.36. The maximum atomic E-state index is 10.0. The summed E-state index contributed by atoms with van der Waals surface area (Å²) in [6.07, 6.45) is 11.2. The summed E-state index contributed by atoms with van der Waals surface area (Å²) in [6.45, 7) is 0.232. The van der Waals surface area contributed by atoms with Crippen LogP contribution in [-0.4, -0.2) is 40.4 Å². The molecule has 2 unspecified atom stereocenters. The van der Waals surface area contributed by atoms with Crippen LogP contribution in [0.15, 0.2) is 0 Å². The Kier molecular flexibility index (Phi) is 14.6. The van der Waals surface area contributed by atoms with Gasteiger partial charge < -0.3 is 15.3 Å². The van der Waals surface area contributed by atoms with Gasteiger partial charge in [0.15, 0.2) is 6.29 Å². The largest absolute Gasteiger partial charge is 0.396 e. The number of rotatable bonds is 15. The summed E-state index contributed by atoms with van der Waals surface area (Å²) in [5, 5.41) is 28.3. The molecule has 1 radical (unpaired) electrons. The third kappa shape index (κ3) is 12.6. The van der Waals surface area contributed by atoms with E-state index in [-0.39, 0.29) is 6.61 Å². The molecule has 0 aliphatic heterocycles. The van der Waals surface area contributed by atoms with Crippen LogP contribution in [0.2, 0.25) is 0 Å². The molecule has 0 aromatic rings. The second-order valence-corrected chi connectivity index (χ2v) is 5.51. The smallest absolute Gasteiger partial charge is 0.198 e. The number of unbranched alkanes of at least 4 members (excludes halogenated alkanes) is 8. The first kappa shape index (κ1) is 19.6. The van der Waals surface area contributed by atoms with Gasteiger partial charge in [0.2, 0.25) is 0 Å². The highest BCUT2D eigenvalue weighted by Crippen LogP contribution is 2.14. The predicted molar refractivity (Wildman–Crippen MR) is 80.2 cm³/mol. The van der Waals surface area contributed by atoms with Crippen molar-refractivity contribution in [2.45, 2.75) is 89.3 Å². The minimum absolute atomic E-state index is 0.232. The molecule has 119 valence electrons. The number of aliphatic hydroxyl groups is 3. The van der Waals surface area contributed by atoms with E-state index in [4.69, 9.17) is 5.11 Å². The fraction of sp³-hybridized carbons (Fsp3) is 0.938. The van der Waals surface area contributed by atoms with Crippen molar-refractivity contribution in [3.8, 4) is 0 Å². The quantitative estimate of drug-likeness (QED) is 0.404. The fourth-order valence-corrected chi connectivity index (χ4v) is 2.28. The highest BCUT2D eigenvalue weighted by atomic mass is 16.3. The molecule has 0 heterocycles. The van der Waals surface area contributed by atoms with Crippen LogP contribution >= 0.6 is 0 Å². The van der Waals surface area contributed by atoms with Crippen LogP contribution in [0.1, 0.15) is 77.0 Å². The Bertz CT molecular complexity index is 209. The van der Waals surface area contributed by atoms with Gasteiger partial charge in [0.1, 0.15) is 0 Å². The van der Waals surface area contributed by atoms with Crippen LogP contribution in [0.4, 0.5) is 0 Å². The molecule has 4 heteroatoms. The van der Waals surface area contributed by atoms with Gasteiger partial charge in [-0.1, -0.05) is 44.9 Å². The first-order valence-electron chi connectivity index (χ1n) is 8.04. The first-order valence-corrected chi connectivity index (χ1v) is 8.04. The summed E-state index contributed by atoms with van der Waals surface area (Å²) in [4.78, 5) is 10.0. The third-order valence-corrected chi connectivity index (χ3v) is 3.63. The van der Waals surface area contributed by atoms with Gasteiger partial charge in [-0.05, 0) is 25.7 Å². The summed E-state index contributed by atoms with van der Waals surface area (Å²) >= 11 is 0. The Hall–Kier alpha value is -0.450. The molecule has 0 aliphatic carbocycles. The van der Waals surface area contributed by atoms with Crippen LogP contribution in [-0.2, 0) is 4.79 Å². The van der Waals surface area contributed by atoms with Crippen molar-refractivity contribution in [2.75, 3.05) is 6.61 Å². The average molecular weight is 287 g/mol. The van der Waals surface area contributed by atoms with Gasteiger partial charge in [-0.25, -0.2) is 0 Å². The number of aliphatic hydroxyl groups excluding tert-OH is 3. The standard InChI is InChI=1S/C16H31O4/c17-13-9-5-2-1-3-7-11-15(19)16(20)12-8-4-6-10-14-18/h15-16,18-20H,1-12,14H2. The predicted octanol–water partition coefficient (Wildman–Crippen LogP) is 2.49. The second kappa shape index (κ2) is 14.9. The normalized spacial score (nSPS) is 14.2. The van der Waals surface area contributed by atoms with Crippen LogP contribution in [0, 0.1) is 0 Å². The van der Waals surface area contributed by atoms with Gasteiger partial charge in [0.05, 0.1) is 12.2 Å². The molecule has 0 bridgehead atoms. The fourth-order valence-electron chi connectivity index (χ4n) is 2.28. The van der Waals surface area contributed by atoms with Crippen molar-refractivity contribution in [3.05, 3.63) is 0 Å². The summed E-state index contributed by atoms with van der Waals surface area (Å²) in [6, 6.07) is 0. The molecule has 0 fully saturated rings. The lowest BCUT2D eigenvalue weighted by Crippen LogP contribution is -2.25. The van der Waals surface area contributed by atoms with E-state index >= 15 is 0 Å².